The number of fused-ring (bicyclic) bond motifs is 2. The van der Waals surface area contributed by atoms with E-state index < -0.39 is 0 Å². The third-order valence-electron chi connectivity index (χ3n) is 2.90. The van der Waals surface area contributed by atoms with Crippen LogP contribution in [0.15, 0.2) is 47.4 Å². The van der Waals surface area contributed by atoms with Gasteiger partial charge in [0.1, 0.15) is 0 Å². The largest absolute Gasteiger partial charge is 0.450 e. The number of hydrogen-bond donors (Lipinski definition) is 0. The quantitative estimate of drug-likeness (QED) is 0.502. The third kappa shape index (κ3) is 2.92. The topological polar surface area (TPSA) is 27.7 Å². The van der Waals surface area contributed by atoms with Crippen LogP contribution in [0.1, 0.15) is 6.92 Å². The molecule has 0 saturated heterocycles. The van der Waals surface area contributed by atoms with Gasteiger partial charge in [-0.25, -0.2) is 0 Å². The Kier molecular flexibility index (Phi) is 4.14. The first kappa shape index (κ1) is 13.3. The summed E-state index contributed by atoms with van der Waals surface area (Å²) in [4.78, 5) is 1.16. The smallest absolute Gasteiger partial charge is 0.171 e. The van der Waals surface area contributed by atoms with Gasteiger partial charge in [-0.2, -0.15) is 0 Å². The van der Waals surface area contributed by atoms with Crippen molar-refractivity contribution in [2.45, 2.75) is 11.8 Å². The molecule has 1 aliphatic rings. The summed E-state index contributed by atoms with van der Waals surface area (Å²) in [6, 6.07) is 13.7. The number of rotatable bonds is 5. The molecule has 0 bridgehead atoms. The van der Waals surface area contributed by atoms with Crippen molar-refractivity contribution in [1.82, 2.24) is 0 Å². The summed E-state index contributed by atoms with van der Waals surface area (Å²) in [6.45, 7) is 3.53. The van der Waals surface area contributed by atoms with Gasteiger partial charge in [-0.1, -0.05) is 12.1 Å². The molecule has 104 valence electrons. The van der Waals surface area contributed by atoms with Crippen LogP contribution in [0.4, 0.5) is 0 Å². The van der Waals surface area contributed by atoms with Crippen molar-refractivity contribution in [3.63, 3.8) is 0 Å². The van der Waals surface area contributed by atoms with Crippen LogP contribution in [0.2, 0.25) is 0 Å². The summed E-state index contributed by atoms with van der Waals surface area (Å²) < 4.78 is 17.0. The van der Waals surface area contributed by atoms with E-state index in [0.717, 1.165) is 46.9 Å². The highest BCUT2D eigenvalue weighted by atomic mass is 32.2. The molecule has 20 heavy (non-hydrogen) atoms. The first-order chi connectivity index (χ1) is 9.86. The Bertz CT molecular complexity index is 598. The van der Waals surface area contributed by atoms with E-state index in [1.54, 1.807) is 11.8 Å². The summed E-state index contributed by atoms with van der Waals surface area (Å²) in [5.41, 5.74) is 0. The van der Waals surface area contributed by atoms with E-state index in [2.05, 4.69) is 0 Å². The van der Waals surface area contributed by atoms with Crippen molar-refractivity contribution in [3.05, 3.63) is 42.5 Å². The Morgan fingerprint density at radius 1 is 0.950 bits per heavy atom. The maximum atomic E-state index is 5.88. The first-order valence-electron chi connectivity index (χ1n) is 6.66. The highest BCUT2D eigenvalue weighted by Gasteiger charge is 2.18. The van der Waals surface area contributed by atoms with Crippen LogP contribution >= 0.6 is 11.8 Å². The van der Waals surface area contributed by atoms with Gasteiger partial charge in [0.15, 0.2) is 23.0 Å². The molecule has 0 amide bonds. The molecule has 3 rings (SSSR count). The number of thioether (sulfide) groups is 1. The molecule has 2 aromatic rings. The van der Waals surface area contributed by atoms with Gasteiger partial charge < -0.3 is 14.2 Å². The SMILES string of the molecule is CCOCCSc1ccc2c(c1)Oc1ccccc1O2. The van der Waals surface area contributed by atoms with E-state index in [1.165, 1.54) is 0 Å². The zero-order valence-electron chi connectivity index (χ0n) is 11.3. The molecule has 0 aliphatic carbocycles. The molecular weight excluding hydrogens is 272 g/mol. The minimum absolute atomic E-state index is 0.761. The van der Waals surface area contributed by atoms with Crippen molar-refractivity contribution < 1.29 is 14.2 Å². The molecule has 3 nitrogen and oxygen atoms in total. The van der Waals surface area contributed by atoms with Crippen LogP contribution in [-0.2, 0) is 4.74 Å². The Balaban J connectivity index is 1.71. The average molecular weight is 288 g/mol. The number of para-hydroxylation sites is 2. The Morgan fingerprint density at radius 2 is 1.65 bits per heavy atom. The van der Waals surface area contributed by atoms with Gasteiger partial charge in [0, 0.05) is 17.3 Å². The van der Waals surface area contributed by atoms with E-state index in [1.807, 2.05) is 49.4 Å². The molecule has 0 unspecified atom stereocenters. The molecule has 0 spiro atoms. The Morgan fingerprint density at radius 3 is 2.40 bits per heavy atom. The van der Waals surface area contributed by atoms with Crippen LogP contribution in [0.5, 0.6) is 23.0 Å². The van der Waals surface area contributed by atoms with Gasteiger partial charge in [0.2, 0.25) is 0 Å². The van der Waals surface area contributed by atoms with Crippen LogP contribution in [0, 0.1) is 0 Å². The number of ether oxygens (including phenoxy) is 3. The zero-order chi connectivity index (χ0) is 13.8. The molecule has 2 aromatic carbocycles. The highest BCUT2D eigenvalue weighted by molar-refractivity contribution is 7.99. The minimum atomic E-state index is 0.761. The third-order valence-corrected chi connectivity index (χ3v) is 3.86. The molecule has 0 fully saturated rings. The monoisotopic (exact) mass is 288 g/mol. The molecule has 1 aliphatic heterocycles. The number of hydrogen-bond acceptors (Lipinski definition) is 4. The first-order valence-corrected chi connectivity index (χ1v) is 7.64. The van der Waals surface area contributed by atoms with Gasteiger partial charge >= 0.3 is 0 Å². The van der Waals surface area contributed by atoms with Gasteiger partial charge in [0.25, 0.3) is 0 Å². The average Bonchev–Trinajstić information content (AvgIpc) is 2.49. The maximum absolute atomic E-state index is 5.88. The molecule has 4 heteroatoms. The van der Waals surface area contributed by atoms with Crippen LogP contribution in [-0.4, -0.2) is 19.0 Å². The standard InChI is InChI=1S/C16H16O3S/c1-2-17-9-10-20-12-7-8-15-16(11-12)19-14-6-4-3-5-13(14)18-15/h3-8,11H,2,9-10H2,1H3. The number of benzene rings is 2. The van der Waals surface area contributed by atoms with Gasteiger partial charge in [-0.15, -0.1) is 11.8 Å². The normalized spacial score (nSPS) is 12.1. The van der Waals surface area contributed by atoms with Gasteiger partial charge in [-0.3, -0.25) is 0 Å². The summed E-state index contributed by atoms with van der Waals surface area (Å²) >= 11 is 1.75. The summed E-state index contributed by atoms with van der Waals surface area (Å²) in [5.74, 6) is 3.99. The zero-order valence-corrected chi connectivity index (χ0v) is 12.1. The fraction of sp³-hybridized carbons (Fsp3) is 0.250. The molecule has 1 heterocycles. The van der Waals surface area contributed by atoms with Gasteiger partial charge in [0.05, 0.1) is 6.61 Å². The molecule has 0 aromatic heterocycles. The Labute approximate surface area is 122 Å². The molecule has 0 atom stereocenters. The predicted octanol–water partition coefficient (Wildman–Crippen LogP) is 4.71. The molecule has 0 N–H and O–H groups in total. The Hall–Kier alpha value is -1.65. The maximum Gasteiger partial charge on any atom is 0.171 e. The fourth-order valence-electron chi connectivity index (χ4n) is 1.96. The summed E-state index contributed by atoms with van der Waals surface area (Å²) in [6.07, 6.45) is 0. The van der Waals surface area contributed by atoms with Crippen LogP contribution in [0.25, 0.3) is 0 Å². The second-order valence-electron chi connectivity index (χ2n) is 4.30. The van der Waals surface area contributed by atoms with E-state index in [0.29, 0.717) is 0 Å². The minimum Gasteiger partial charge on any atom is -0.450 e. The second kappa shape index (κ2) is 6.20. The van der Waals surface area contributed by atoms with Crippen molar-refractivity contribution in [1.29, 1.82) is 0 Å². The summed E-state index contributed by atoms with van der Waals surface area (Å²) in [7, 11) is 0. The lowest BCUT2D eigenvalue weighted by Crippen LogP contribution is -1.99. The van der Waals surface area contributed by atoms with Crippen molar-refractivity contribution in [3.8, 4) is 23.0 Å². The van der Waals surface area contributed by atoms with E-state index in [9.17, 15) is 0 Å². The van der Waals surface area contributed by atoms with Crippen molar-refractivity contribution in [2.75, 3.05) is 19.0 Å². The molecule has 0 radical (unpaired) electrons. The molecular formula is C16H16O3S. The van der Waals surface area contributed by atoms with Crippen LogP contribution < -0.4 is 9.47 Å². The lowest BCUT2D eigenvalue weighted by Gasteiger charge is -2.20. The highest BCUT2D eigenvalue weighted by Crippen LogP contribution is 2.45. The lowest BCUT2D eigenvalue weighted by molar-refractivity contribution is 0.164. The van der Waals surface area contributed by atoms with E-state index in [-0.39, 0.29) is 0 Å². The lowest BCUT2D eigenvalue weighted by atomic mass is 10.2. The molecule has 0 saturated carbocycles. The second-order valence-corrected chi connectivity index (χ2v) is 5.47. The van der Waals surface area contributed by atoms with Crippen molar-refractivity contribution >= 4 is 11.8 Å². The predicted molar refractivity (Wildman–Crippen MR) is 80.2 cm³/mol. The summed E-state index contributed by atoms with van der Waals surface area (Å²) in [5, 5.41) is 0. The van der Waals surface area contributed by atoms with Gasteiger partial charge in [-0.05, 0) is 37.3 Å². The van der Waals surface area contributed by atoms with Crippen molar-refractivity contribution in [2.24, 2.45) is 0 Å². The fourth-order valence-corrected chi connectivity index (χ4v) is 2.75. The van der Waals surface area contributed by atoms with Crippen LogP contribution in [0.3, 0.4) is 0 Å². The van der Waals surface area contributed by atoms with E-state index >= 15 is 0 Å². The van der Waals surface area contributed by atoms with E-state index in [4.69, 9.17) is 14.2 Å².